The predicted molar refractivity (Wildman–Crippen MR) is 226 cm³/mol. The summed E-state index contributed by atoms with van der Waals surface area (Å²) < 4.78 is 32.5. The Hall–Kier alpha value is -4.12. The SMILES string of the molecule is CC/C=C/C=C/C=C/C=C/C=C/CCCC(=O)OC(COC(=O)CCCCC/C=C/C/C=C/C/C=C/C/C=C/C/C=C/CC)COP(=O)(O)OC[C@@H](N)C(=O)O. The Kier molecular flexibility index (Phi) is 35.0. The molecule has 0 aromatic carbocycles. The van der Waals surface area contributed by atoms with Crippen molar-refractivity contribution < 1.29 is 47.5 Å². The highest BCUT2D eigenvalue weighted by Crippen LogP contribution is 2.43. The number of carboxylic acids is 1. The van der Waals surface area contributed by atoms with Crippen LogP contribution in [0.15, 0.2) is 122 Å². The van der Waals surface area contributed by atoms with E-state index in [-0.39, 0.29) is 12.8 Å². The van der Waals surface area contributed by atoms with Gasteiger partial charge >= 0.3 is 25.7 Å². The first-order valence-electron chi connectivity index (χ1n) is 19.6. The number of allylic oxidation sites excluding steroid dienone is 20. The lowest BCUT2D eigenvalue weighted by atomic mass is 10.1. The molecule has 0 aliphatic carbocycles. The van der Waals surface area contributed by atoms with Gasteiger partial charge in [0.15, 0.2) is 6.10 Å². The quantitative estimate of drug-likeness (QED) is 0.0186. The molecule has 4 N–H and O–H groups in total. The molecule has 0 amide bonds. The van der Waals surface area contributed by atoms with Crippen LogP contribution in [0.1, 0.15) is 104 Å². The highest BCUT2D eigenvalue weighted by atomic mass is 31.2. The van der Waals surface area contributed by atoms with Gasteiger partial charge in [-0.15, -0.1) is 0 Å². The van der Waals surface area contributed by atoms with Crippen molar-refractivity contribution >= 4 is 25.7 Å². The fourth-order valence-corrected chi connectivity index (χ4v) is 5.07. The van der Waals surface area contributed by atoms with Crippen molar-refractivity contribution in [1.82, 2.24) is 0 Å². The number of carboxylic acid groups (broad SMARTS) is 1. The normalized spacial score (nSPS) is 15.1. The summed E-state index contributed by atoms with van der Waals surface area (Å²) in [5, 5.41) is 8.87. The minimum Gasteiger partial charge on any atom is -0.480 e. The molecule has 0 heterocycles. The third kappa shape index (κ3) is 36.8. The lowest BCUT2D eigenvalue weighted by Gasteiger charge is -2.20. The molecular weight excluding hydrogens is 733 g/mol. The van der Waals surface area contributed by atoms with Gasteiger partial charge in [0, 0.05) is 12.8 Å². The zero-order valence-electron chi connectivity index (χ0n) is 33.4. The fourth-order valence-electron chi connectivity index (χ4n) is 4.29. The number of hydrogen-bond acceptors (Lipinski definition) is 9. The van der Waals surface area contributed by atoms with Gasteiger partial charge in [0.1, 0.15) is 12.6 Å². The molecule has 0 rings (SSSR count). The molecule has 0 spiro atoms. The first-order chi connectivity index (χ1) is 27.1. The molecule has 312 valence electrons. The number of ether oxygens (including phenoxy) is 2. The summed E-state index contributed by atoms with van der Waals surface area (Å²) in [5.41, 5.74) is 5.31. The number of aliphatic carboxylic acids is 1. The van der Waals surface area contributed by atoms with Gasteiger partial charge in [-0.05, 0) is 70.6 Å². The van der Waals surface area contributed by atoms with Crippen LogP contribution in [-0.4, -0.2) is 59.9 Å². The molecule has 0 fully saturated rings. The summed E-state index contributed by atoms with van der Waals surface area (Å²) in [5.74, 6) is -2.54. The Balaban J connectivity index is 4.60. The number of carbonyl (C=O) groups is 3. The van der Waals surface area contributed by atoms with E-state index in [0.717, 1.165) is 57.8 Å². The van der Waals surface area contributed by atoms with Gasteiger partial charge in [-0.2, -0.15) is 0 Å². The first-order valence-corrected chi connectivity index (χ1v) is 21.1. The molecule has 0 saturated carbocycles. The van der Waals surface area contributed by atoms with Gasteiger partial charge in [0.05, 0.1) is 13.2 Å². The second-order valence-electron chi connectivity index (χ2n) is 12.4. The molecule has 0 saturated heterocycles. The number of carbonyl (C=O) groups excluding carboxylic acids is 2. The number of nitrogens with two attached hydrogens (primary N) is 1. The van der Waals surface area contributed by atoms with Crippen molar-refractivity contribution in [1.29, 1.82) is 0 Å². The van der Waals surface area contributed by atoms with Crippen LogP contribution in [0, 0.1) is 0 Å². The Labute approximate surface area is 335 Å². The third-order valence-electron chi connectivity index (χ3n) is 7.33. The zero-order valence-corrected chi connectivity index (χ0v) is 34.3. The topological polar surface area (TPSA) is 172 Å². The summed E-state index contributed by atoms with van der Waals surface area (Å²) in [6.45, 7) is 2.39. The van der Waals surface area contributed by atoms with E-state index >= 15 is 0 Å². The van der Waals surface area contributed by atoms with Crippen molar-refractivity contribution in [3.63, 3.8) is 0 Å². The van der Waals surface area contributed by atoms with Gasteiger partial charge in [0.25, 0.3) is 0 Å². The Morgan fingerprint density at radius 1 is 0.571 bits per heavy atom. The zero-order chi connectivity index (χ0) is 41.4. The van der Waals surface area contributed by atoms with Gasteiger partial charge < -0.3 is 25.2 Å². The lowest BCUT2D eigenvalue weighted by Crippen LogP contribution is -2.34. The molecule has 2 unspecified atom stereocenters. The van der Waals surface area contributed by atoms with Crippen LogP contribution in [0.3, 0.4) is 0 Å². The average molecular weight is 800 g/mol. The predicted octanol–water partition coefficient (Wildman–Crippen LogP) is 10.1. The molecule has 0 aliphatic heterocycles. The van der Waals surface area contributed by atoms with Gasteiger partial charge in [-0.1, -0.05) is 142 Å². The van der Waals surface area contributed by atoms with E-state index in [2.05, 4.69) is 85.2 Å². The first kappa shape index (κ1) is 51.9. The highest BCUT2D eigenvalue weighted by Gasteiger charge is 2.28. The third-order valence-corrected chi connectivity index (χ3v) is 8.28. The van der Waals surface area contributed by atoms with Gasteiger partial charge in [-0.25, -0.2) is 4.57 Å². The van der Waals surface area contributed by atoms with Crippen LogP contribution in [-0.2, 0) is 37.5 Å². The molecule has 0 aromatic heterocycles. The summed E-state index contributed by atoms with van der Waals surface area (Å²) in [6.07, 6.45) is 50.0. The Morgan fingerprint density at radius 2 is 1.05 bits per heavy atom. The molecule has 3 atom stereocenters. The number of hydrogen-bond donors (Lipinski definition) is 3. The van der Waals surface area contributed by atoms with Crippen LogP contribution in [0.4, 0.5) is 0 Å². The van der Waals surface area contributed by atoms with E-state index in [0.29, 0.717) is 19.3 Å². The maximum Gasteiger partial charge on any atom is 0.472 e. The van der Waals surface area contributed by atoms with Crippen LogP contribution in [0.25, 0.3) is 0 Å². The monoisotopic (exact) mass is 799 g/mol. The summed E-state index contributed by atoms with van der Waals surface area (Å²) in [7, 11) is -4.75. The Bertz CT molecular complexity index is 1400. The largest absolute Gasteiger partial charge is 0.480 e. The minimum absolute atomic E-state index is 0.0487. The van der Waals surface area contributed by atoms with Crippen molar-refractivity contribution in [2.24, 2.45) is 5.73 Å². The molecular formula is C44H66NO10P. The van der Waals surface area contributed by atoms with Crippen molar-refractivity contribution in [3.8, 4) is 0 Å². The number of phosphoric ester groups is 1. The highest BCUT2D eigenvalue weighted by molar-refractivity contribution is 7.47. The average Bonchev–Trinajstić information content (AvgIpc) is 3.17. The second-order valence-corrected chi connectivity index (χ2v) is 13.9. The Morgan fingerprint density at radius 3 is 1.62 bits per heavy atom. The van der Waals surface area contributed by atoms with Gasteiger partial charge in [0.2, 0.25) is 0 Å². The lowest BCUT2D eigenvalue weighted by molar-refractivity contribution is -0.161. The summed E-state index contributed by atoms with van der Waals surface area (Å²) >= 11 is 0. The maximum atomic E-state index is 12.5. The van der Waals surface area contributed by atoms with Crippen molar-refractivity contribution in [2.75, 3.05) is 19.8 Å². The minimum atomic E-state index is -4.75. The van der Waals surface area contributed by atoms with Gasteiger partial charge in [-0.3, -0.25) is 23.4 Å². The van der Waals surface area contributed by atoms with E-state index in [1.807, 2.05) is 54.7 Å². The summed E-state index contributed by atoms with van der Waals surface area (Å²) in [4.78, 5) is 45.8. The maximum absolute atomic E-state index is 12.5. The molecule has 56 heavy (non-hydrogen) atoms. The summed E-state index contributed by atoms with van der Waals surface area (Å²) in [6, 6.07) is -1.54. The standard InChI is InChI=1S/C44H66NO10P/c1-3-5-7-9-11-13-15-17-18-19-20-21-22-24-25-27-29-31-33-35-42(46)52-37-40(38-53-56(50,51)54-39-41(45)44(48)49)55-43(47)36-34-32-30-28-26-23-16-14-12-10-8-6-4-2/h5-8,10-14,16-18,20-21,23-26,28,30,40-41H,3-4,9,15,19,22,27,29,31-39,45H2,1-2H3,(H,48,49)(H,50,51)/b7-5+,8-6+,12-10+,13-11+,16-14+,18-17+,21-20+,25-24+,26-23+,30-28+/t40?,41-/m1/s1. The number of rotatable bonds is 34. The fraction of sp³-hybridized carbons (Fsp3) is 0.477. The van der Waals surface area contributed by atoms with Crippen LogP contribution >= 0.6 is 7.82 Å². The number of phosphoric acid groups is 1. The van der Waals surface area contributed by atoms with Crippen LogP contribution in [0.5, 0.6) is 0 Å². The van der Waals surface area contributed by atoms with E-state index in [9.17, 15) is 23.8 Å². The molecule has 11 nitrogen and oxygen atoms in total. The van der Waals surface area contributed by atoms with E-state index in [1.54, 1.807) is 0 Å². The van der Waals surface area contributed by atoms with E-state index in [4.69, 9.17) is 24.8 Å². The van der Waals surface area contributed by atoms with Crippen LogP contribution in [0.2, 0.25) is 0 Å². The number of esters is 2. The van der Waals surface area contributed by atoms with Crippen molar-refractivity contribution in [2.45, 2.75) is 116 Å². The van der Waals surface area contributed by atoms with E-state index in [1.165, 1.54) is 0 Å². The smallest absolute Gasteiger partial charge is 0.472 e. The van der Waals surface area contributed by atoms with Crippen LogP contribution < -0.4 is 5.73 Å². The molecule has 12 heteroatoms. The molecule has 0 aromatic rings. The molecule has 0 aliphatic rings. The molecule has 0 radical (unpaired) electrons. The number of unbranched alkanes of at least 4 members (excludes halogenated alkanes) is 4. The molecule has 0 bridgehead atoms. The second kappa shape index (κ2) is 37.8. The van der Waals surface area contributed by atoms with Crippen molar-refractivity contribution in [3.05, 3.63) is 122 Å². The van der Waals surface area contributed by atoms with E-state index < -0.39 is 57.7 Å².